The van der Waals surface area contributed by atoms with Crippen molar-refractivity contribution < 1.29 is 18.0 Å². The summed E-state index contributed by atoms with van der Waals surface area (Å²) < 4.78 is 38.1. The zero-order valence-corrected chi connectivity index (χ0v) is 12.8. The fourth-order valence-electron chi connectivity index (χ4n) is 2.77. The third-order valence-electron chi connectivity index (χ3n) is 4.31. The Kier molecular flexibility index (Phi) is 4.48. The van der Waals surface area contributed by atoms with Crippen molar-refractivity contribution in [2.45, 2.75) is 19.0 Å². The van der Waals surface area contributed by atoms with E-state index in [0.717, 1.165) is 37.7 Å². The minimum Gasteiger partial charge on any atom is -0.322 e. The first-order chi connectivity index (χ1) is 10.9. The molecule has 3 rings (SSSR count). The van der Waals surface area contributed by atoms with Crippen LogP contribution in [0.5, 0.6) is 0 Å². The number of carbonyl (C=O) groups excluding carboxylic acids is 1. The SMILES string of the molecule is O=C(Nc1cccc(C(F)(F)F)c1)N1CCN(CC2CC2)CC1. The maximum absolute atomic E-state index is 12.7. The number of benzene rings is 1. The van der Waals surface area contributed by atoms with Gasteiger partial charge in [0.25, 0.3) is 0 Å². The summed E-state index contributed by atoms with van der Waals surface area (Å²) in [6.07, 6.45) is -1.80. The Hall–Kier alpha value is -1.76. The standard InChI is InChI=1S/C16H20F3N3O/c17-16(18,19)13-2-1-3-14(10-13)20-15(23)22-8-6-21(7-9-22)11-12-4-5-12/h1-3,10,12H,4-9,11H2,(H,20,23). The van der Waals surface area contributed by atoms with Crippen LogP contribution in [0.1, 0.15) is 18.4 Å². The van der Waals surface area contributed by atoms with Gasteiger partial charge in [-0.1, -0.05) is 6.07 Å². The van der Waals surface area contributed by atoms with Crippen molar-refractivity contribution in [2.24, 2.45) is 5.92 Å². The third-order valence-corrected chi connectivity index (χ3v) is 4.31. The van der Waals surface area contributed by atoms with Crippen LogP contribution in [-0.2, 0) is 6.18 Å². The van der Waals surface area contributed by atoms with Crippen molar-refractivity contribution in [3.63, 3.8) is 0 Å². The molecule has 7 heteroatoms. The largest absolute Gasteiger partial charge is 0.416 e. The Labute approximate surface area is 133 Å². The second kappa shape index (κ2) is 6.39. The Morgan fingerprint density at radius 3 is 2.48 bits per heavy atom. The first kappa shape index (κ1) is 16.1. The lowest BCUT2D eigenvalue weighted by Crippen LogP contribution is -2.50. The van der Waals surface area contributed by atoms with Crippen molar-refractivity contribution >= 4 is 11.7 Å². The van der Waals surface area contributed by atoms with E-state index < -0.39 is 11.7 Å². The number of nitrogens with zero attached hydrogens (tertiary/aromatic N) is 2. The molecular weight excluding hydrogens is 307 g/mol. The highest BCUT2D eigenvalue weighted by atomic mass is 19.4. The van der Waals surface area contributed by atoms with E-state index in [0.29, 0.717) is 13.1 Å². The number of urea groups is 1. The molecule has 0 atom stereocenters. The molecule has 1 aromatic rings. The average molecular weight is 327 g/mol. The molecule has 1 aliphatic carbocycles. The van der Waals surface area contributed by atoms with Crippen LogP contribution in [0.25, 0.3) is 0 Å². The van der Waals surface area contributed by atoms with Gasteiger partial charge in [-0.25, -0.2) is 4.79 Å². The van der Waals surface area contributed by atoms with Gasteiger partial charge in [-0.2, -0.15) is 13.2 Å². The summed E-state index contributed by atoms with van der Waals surface area (Å²) in [4.78, 5) is 16.2. The molecule has 1 saturated heterocycles. The molecule has 2 fully saturated rings. The molecule has 0 radical (unpaired) electrons. The maximum Gasteiger partial charge on any atom is 0.416 e. The van der Waals surface area contributed by atoms with Crippen LogP contribution < -0.4 is 5.32 Å². The number of rotatable bonds is 3. The van der Waals surface area contributed by atoms with E-state index in [4.69, 9.17) is 0 Å². The van der Waals surface area contributed by atoms with E-state index in [9.17, 15) is 18.0 Å². The van der Waals surface area contributed by atoms with E-state index in [-0.39, 0.29) is 11.7 Å². The zero-order chi connectivity index (χ0) is 16.4. The van der Waals surface area contributed by atoms with Crippen molar-refractivity contribution in [3.8, 4) is 0 Å². The van der Waals surface area contributed by atoms with Crippen LogP contribution >= 0.6 is 0 Å². The molecule has 1 heterocycles. The predicted molar refractivity (Wildman–Crippen MR) is 81.2 cm³/mol. The number of amides is 2. The van der Waals surface area contributed by atoms with E-state index in [1.54, 1.807) is 4.90 Å². The van der Waals surface area contributed by atoms with Crippen LogP contribution in [0, 0.1) is 5.92 Å². The minimum atomic E-state index is -4.41. The summed E-state index contributed by atoms with van der Waals surface area (Å²) in [6.45, 7) is 3.97. The Bertz CT molecular complexity index is 564. The van der Waals surface area contributed by atoms with Crippen LogP contribution in [0.4, 0.5) is 23.7 Å². The predicted octanol–water partition coefficient (Wildman–Crippen LogP) is 3.26. The fourth-order valence-corrected chi connectivity index (χ4v) is 2.77. The molecule has 126 valence electrons. The summed E-state index contributed by atoms with van der Waals surface area (Å²) in [5.74, 6) is 0.820. The number of hydrogen-bond donors (Lipinski definition) is 1. The van der Waals surface area contributed by atoms with Crippen molar-refractivity contribution in [1.82, 2.24) is 9.80 Å². The van der Waals surface area contributed by atoms with Gasteiger partial charge in [-0.15, -0.1) is 0 Å². The van der Waals surface area contributed by atoms with Gasteiger partial charge in [0, 0.05) is 38.4 Å². The summed E-state index contributed by atoms with van der Waals surface area (Å²) >= 11 is 0. The van der Waals surface area contributed by atoms with Gasteiger partial charge in [0.2, 0.25) is 0 Å². The summed E-state index contributed by atoms with van der Waals surface area (Å²) in [5.41, 5.74) is -0.588. The second-order valence-electron chi connectivity index (χ2n) is 6.24. The highest BCUT2D eigenvalue weighted by molar-refractivity contribution is 5.89. The molecular formula is C16H20F3N3O. The van der Waals surface area contributed by atoms with Crippen LogP contribution in [0.2, 0.25) is 0 Å². The lowest BCUT2D eigenvalue weighted by molar-refractivity contribution is -0.137. The van der Waals surface area contributed by atoms with Gasteiger partial charge in [-0.05, 0) is 37.0 Å². The molecule has 2 amide bonds. The molecule has 1 aromatic carbocycles. The number of alkyl halides is 3. The minimum absolute atomic E-state index is 0.172. The van der Waals surface area contributed by atoms with Crippen molar-refractivity contribution in [1.29, 1.82) is 0 Å². The van der Waals surface area contributed by atoms with Gasteiger partial charge < -0.3 is 10.2 Å². The number of piperazine rings is 1. The van der Waals surface area contributed by atoms with E-state index >= 15 is 0 Å². The fraction of sp³-hybridized carbons (Fsp3) is 0.562. The number of anilines is 1. The molecule has 0 bridgehead atoms. The first-order valence-corrected chi connectivity index (χ1v) is 7.87. The molecule has 2 aliphatic rings. The topological polar surface area (TPSA) is 35.6 Å². The molecule has 0 unspecified atom stereocenters. The van der Waals surface area contributed by atoms with Crippen molar-refractivity contribution in [2.75, 3.05) is 38.0 Å². The lowest BCUT2D eigenvalue weighted by atomic mass is 10.2. The Morgan fingerprint density at radius 2 is 1.87 bits per heavy atom. The highest BCUT2D eigenvalue weighted by Crippen LogP contribution is 2.31. The van der Waals surface area contributed by atoms with Crippen molar-refractivity contribution in [3.05, 3.63) is 29.8 Å². The van der Waals surface area contributed by atoms with Gasteiger partial charge >= 0.3 is 12.2 Å². The van der Waals surface area contributed by atoms with Gasteiger partial charge in [0.15, 0.2) is 0 Å². The van der Waals surface area contributed by atoms with E-state index in [1.807, 2.05) is 0 Å². The number of hydrogen-bond acceptors (Lipinski definition) is 2. The summed E-state index contributed by atoms with van der Waals surface area (Å²) in [5, 5.41) is 2.56. The Morgan fingerprint density at radius 1 is 1.17 bits per heavy atom. The molecule has 1 saturated carbocycles. The van der Waals surface area contributed by atoms with Gasteiger partial charge in [-0.3, -0.25) is 4.90 Å². The number of nitrogens with one attached hydrogen (secondary N) is 1. The molecule has 23 heavy (non-hydrogen) atoms. The van der Waals surface area contributed by atoms with Crippen LogP contribution in [0.3, 0.4) is 0 Å². The summed E-state index contributed by atoms with van der Waals surface area (Å²) in [6, 6.07) is 4.38. The van der Waals surface area contributed by atoms with E-state index in [1.165, 1.54) is 25.0 Å². The van der Waals surface area contributed by atoms with E-state index in [2.05, 4.69) is 10.2 Å². The first-order valence-electron chi connectivity index (χ1n) is 7.87. The number of halogens is 3. The normalized spacial score (nSPS) is 19.7. The van der Waals surface area contributed by atoms with Gasteiger partial charge in [0.05, 0.1) is 5.56 Å². The van der Waals surface area contributed by atoms with Gasteiger partial charge in [0.1, 0.15) is 0 Å². The highest BCUT2D eigenvalue weighted by Gasteiger charge is 2.31. The third kappa shape index (κ3) is 4.37. The molecule has 0 aromatic heterocycles. The second-order valence-corrected chi connectivity index (χ2v) is 6.24. The quantitative estimate of drug-likeness (QED) is 0.925. The lowest BCUT2D eigenvalue weighted by Gasteiger charge is -2.34. The average Bonchev–Trinajstić information content (AvgIpc) is 3.31. The zero-order valence-electron chi connectivity index (χ0n) is 12.8. The smallest absolute Gasteiger partial charge is 0.322 e. The molecule has 1 N–H and O–H groups in total. The molecule has 4 nitrogen and oxygen atoms in total. The molecule has 1 aliphatic heterocycles. The van der Waals surface area contributed by atoms with Crippen LogP contribution in [-0.4, -0.2) is 48.6 Å². The summed E-state index contributed by atoms with van der Waals surface area (Å²) in [7, 11) is 0. The van der Waals surface area contributed by atoms with Crippen LogP contribution in [0.15, 0.2) is 24.3 Å². The molecule has 0 spiro atoms. The Balaban J connectivity index is 1.53. The maximum atomic E-state index is 12.7. The number of carbonyl (C=O) groups is 1. The monoisotopic (exact) mass is 327 g/mol.